The van der Waals surface area contributed by atoms with E-state index in [1.54, 1.807) is 36.4 Å². The lowest BCUT2D eigenvalue weighted by Crippen LogP contribution is -2.31. The first-order valence-electron chi connectivity index (χ1n) is 7.28. The van der Waals surface area contributed by atoms with Crippen LogP contribution in [0.5, 0.6) is 0 Å². The summed E-state index contributed by atoms with van der Waals surface area (Å²) in [6.45, 7) is 0. The van der Waals surface area contributed by atoms with Crippen molar-refractivity contribution < 1.29 is 13.2 Å². The number of carbonyl (C=O) groups is 1. The van der Waals surface area contributed by atoms with Gasteiger partial charge in [0.25, 0.3) is 5.91 Å². The Bertz CT molecular complexity index is 760. The van der Waals surface area contributed by atoms with Crippen molar-refractivity contribution in [2.45, 2.75) is 40.8 Å². The van der Waals surface area contributed by atoms with E-state index >= 15 is 0 Å². The molecule has 0 unspecified atom stereocenters. The second-order valence-corrected chi connectivity index (χ2v) is 8.65. The highest BCUT2D eigenvalue weighted by molar-refractivity contribution is 7.93. The Kier molecular flexibility index (Phi) is 4.31. The summed E-state index contributed by atoms with van der Waals surface area (Å²) in [4.78, 5) is 12.9. The van der Waals surface area contributed by atoms with Crippen LogP contribution in [0.1, 0.15) is 35.4 Å². The first kappa shape index (κ1) is 15.2. The molecule has 1 saturated carbocycles. The van der Waals surface area contributed by atoms with Crippen LogP contribution in [0.4, 0.5) is 0 Å². The summed E-state index contributed by atoms with van der Waals surface area (Å²) in [6, 6.07) is 11.6. The van der Waals surface area contributed by atoms with E-state index in [1.165, 1.54) is 6.07 Å². The van der Waals surface area contributed by atoms with Crippen molar-refractivity contribution in [1.29, 1.82) is 0 Å². The van der Waals surface area contributed by atoms with Crippen molar-refractivity contribution in [2.24, 2.45) is 0 Å². The predicted octanol–water partition coefficient (Wildman–Crippen LogP) is 3.25. The maximum absolute atomic E-state index is 12.5. The second kappa shape index (κ2) is 6.22. The molecular weight excluding hydrogens is 318 g/mol. The van der Waals surface area contributed by atoms with Crippen molar-refractivity contribution in [1.82, 2.24) is 5.32 Å². The SMILES string of the molecule is O=C(NC1CCCC1)c1ccc(S(=O)(=O)c2ccccc2)s1. The van der Waals surface area contributed by atoms with E-state index in [0.29, 0.717) is 4.88 Å². The maximum Gasteiger partial charge on any atom is 0.261 e. The van der Waals surface area contributed by atoms with Crippen LogP contribution in [0.25, 0.3) is 0 Å². The monoisotopic (exact) mass is 335 g/mol. The smallest absolute Gasteiger partial charge is 0.261 e. The van der Waals surface area contributed by atoms with Crippen molar-refractivity contribution in [2.75, 3.05) is 0 Å². The Hall–Kier alpha value is -1.66. The van der Waals surface area contributed by atoms with Crippen LogP contribution >= 0.6 is 11.3 Å². The highest BCUT2D eigenvalue weighted by Crippen LogP contribution is 2.28. The fourth-order valence-electron chi connectivity index (χ4n) is 2.63. The molecule has 1 aromatic carbocycles. The summed E-state index contributed by atoms with van der Waals surface area (Å²) in [5.74, 6) is -0.175. The molecular formula is C16H17NO3S2. The molecule has 22 heavy (non-hydrogen) atoms. The van der Waals surface area contributed by atoms with Crippen molar-refractivity contribution >= 4 is 27.1 Å². The number of nitrogens with one attached hydrogen (secondary N) is 1. The quantitative estimate of drug-likeness (QED) is 0.933. The summed E-state index contributed by atoms with van der Waals surface area (Å²) in [7, 11) is -3.54. The minimum atomic E-state index is -3.54. The summed E-state index contributed by atoms with van der Waals surface area (Å²) < 4.78 is 25.2. The molecule has 1 aromatic heterocycles. The molecule has 116 valence electrons. The summed E-state index contributed by atoms with van der Waals surface area (Å²) in [6.07, 6.45) is 4.30. The van der Waals surface area contributed by atoms with Gasteiger partial charge in [-0.3, -0.25) is 4.79 Å². The molecule has 1 aliphatic rings. The van der Waals surface area contributed by atoms with Crippen LogP contribution in [0.3, 0.4) is 0 Å². The van der Waals surface area contributed by atoms with E-state index in [9.17, 15) is 13.2 Å². The van der Waals surface area contributed by atoms with Crippen molar-refractivity contribution in [3.05, 3.63) is 47.3 Å². The molecule has 1 N–H and O–H groups in total. The van der Waals surface area contributed by atoms with Gasteiger partial charge in [-0.05, 0) is 37.1 Å². The van der Waals surface area contributed by atoms with Gasteiger partial charge in [0.15, 0.2) is 0 Å². The zero-order chi connectivity index (χ0) is 15.6. The van der Waals surface area contributed by atoms with Gasteiger partial charge in [-0.15, -0.1) is 11.3 Å². The van der Waals surface area contributed by atoms with E-state index in [-0.39, 0.29) is 21.1 Å². The standard InChI is InChI=1S/C16H17NO3S2/c18-16(17-12-6-4-5-7-12)14-10-11-15(21-14)22(19,20)13-8-2-1-3-9-13/h1-3,8-12H,4-7H2,(H,17,18). The molecule has 1 amide bonds. The maximum atomic E-state index is 12.5. The molecule has 0 atom stereocenters. The van der Waals surface area contributed by atoms with Crippen LogP contribution in [-0.4, -0.2) is 20.4 Å². The molecule has 1 fully saturated rings. The number of hydrogen-bond acceptors (Lipinski definition) is 4. The van der Waals surface area contributed by atoms with Crippen LogP contribution in [0.2, 0.25) is 0 Å². The van der Waals surface area contributed by atoms with E-state index < -0.39 is 9.84 Å². The highest BCUT2D eigenvalue weighted by Gasteiger charge is 2.23. The number of rotatable bonds is 4. The van der Waals surface area contributed by atoms with Crippen LogP contribution < -0.4 is 5.32 Å². The molecule has 0 spiro atoms. The van der Waals surface area contributed by atoms with Crippen LogP contribution in [-0.2, 0) is 9.84 Å². The lowest BCUT2D eigenvalue weighted by Gasteiger charge is -2.10. The number of carbonyl (C=O) groups excluding carboxylic acids is 1. The van der Waals surface area contributed by atoms with Crippen LogP contribution in [0, 0.1) is 0 Å². The largest absolute Gasteiger partial charge is 0.349 e. The minimum Gasteiger partial charge on any atom is -0.349 e. The molecule has 0 bridgehead atoms. The predicted molar refractivity (Wildman–Crippen MR) is 85.9 cm³/mol. The summed E-state index contributed by atoms with van der Waals surface area (Å²) in [5.41, 5.74) is 0. The number of hydrogen-bond donors (Lipinski definition) is 1. The number of amides is 1. The zero-order valence-electron chi connectivity index (χ0n) is 12.0. The van der Waals surface area contributed by atoms with Gasteiger partial charge in [-0.1, -0.05) is 31.0 Å². The second-order valence-electron chi connectivity index (χ2n) is 5.39. The molecule has 0 aliphatic heterocycles. The van der Waals surface area contributed by atoms with Gasteiger partial charge in [0.05, 0.1) is 9.77 Å². The van der Waals surface area contributed by atoms with Gasteiger partial charge >= 0.3 is 0 Å². The summed E-state index contributed by atoms with van der Waals surface area (Å²) >= 11 is 1.03. The van der Waals surface area contributed by atoms with Crippen molar-refractivity contribution in [3.8, 4) is 0 Å². The molecule has 6 heteroatoms. The normalized spacial score (nSPS) is 15.8. The van der Waals surface area contributed by atoms with Gasteiger partial charge in [0.1, 0.15) is 4.21 Å². The lowest BCUT2D eigenvalue weighted by molar-refractivity contribution is 0.0942. The Balaban J connectivity index is 1.80. The molecule has 0 saturated heterocycles. The average Bonchev–Trinajstić information content (AvgIpc) is 3.19. The third kappa shape index (κ3) is 3.08. The van der Waals surface area contributed by atoms with Gasteiger partial charge in [-0.2, -0.15) is 0 Å². The fourth-order valence-corrected chi connectivity index (χ4v) is 5.26. The van der Waals surface area contributed by atoms with Crippen molar-refractivity contribution in [3.63, 3.8) is 0 Å². The third-order valence-electron chi connectivity index (χ3n) is 3.81. The Morgan fingerprint density at radius 2 is 1.73 bits per heavy atom. The van der Waals surface area contributed by atoms with Gasteiger partial charge in [0.2, 0.25) is 9.84 Å². The van der Waals surface area contributed by atoms with E-state index in [2.05, 4.69) is 5.32 Å². The highest BCUT2D eigenvalue weighted by atomic mass is 32.2. The Morgan fingerprint density at radius 3 is 2.41 bits per heavy atom. The van der Waals surface area contributed by atoms with E-state index in [4.69, 9.17) is 0 Å². The first-order valence-corrected chi connectivity index (χ1v) is 9.58. The average molecular weight is 335 g/mol. The van der Waals surface area contributed by atoms with E-state index in [1.807, 2.05) is 0 Å². The fraction of sp³-hybridized carbons (Fsp3) is 0.312. The lowest BCUT2D eigenvalue weighted by atomic mass is 10.2. The Labute approximate surface area is 134 Å². The minimum absolute atomic E-state index is 0.175. The Morgan fingerprint density at radius 1 is 1.05 bits per heavy atom. The number of thiophene rings is 1. The molecule has 1 heterocycles. The molecule has 4 nitrogen and oxygen atoms in total. The first-order chi connectivity index (χ1) is 10.6. The molecule has 3 rings (SSSR count). The number of benzene rings is 1. The summed E-state index contributed by atoms with van der Waals surface area (Å²) in [5, 5.41) is 2.98. The van der Waals surface area contributed by atoms with Gasteiger partial charge in [0, 0.05) is 6.04 Å². The zero-order valence-corrected chi connectivity index (χ0v) is 13.6. The molecule has 0 radical (unpaired) electrons. The third-order valence-corrected chi connectivity index (χ3v) is 7.16. The topological polar surface area (TPSA) is 63.2 Å². The van der Waals surface area contributed by atoms with Gasteiger partial charge < -0.3 is 5.32 Å². The molecule has 1 aliphatic carbocycles. The van der Waals surface area contributed by atoms with E-state index in [0.717, 1.165) is 37.0 Å². The van der Waals surface area contributed by atoms with Gasteiger partial charge in [-0.25, -0.2) is 8.42 Å². The molecule has 2 aromatic rings. The number of sulfone groups is 1. The van der Waals surface area contributed by atoms with Crippen LogP contribution in [0.15, 0.2) is 51.6 Å².